The third kappa shape index (κ3) is 2.24. The maximum atomic E-state index is 4.59. The van der Waals surface area contributed by atoms with Gasteiger partial charge < -0.3 is 5.32 Å². The summed E-state index contributed by atoms with van der Waals surface area (Å²) >= 11 is 0. The van der Waals surface area contributed by atoms with Gasteiger partial charge in [0, 0.05) is 50.3 Å². The lowest BCUT2D eigenvalue weighted by atomic mass is 10.1. The third-order valence-corrected chi connectivity index (χ3v) is 4.28. The predicted molar refractivity (Wildman–Crippen MR) is 72.8 cm³/mol. The monoisotopic (exact) mass is 257 g/mol. The number of imidazole rings is 1. The fourth-order valence-corrected chi connectivity index (χ4v) is 3.34. The number of nitrogens with one attached hydrogen (secondary N) is 1. The third-order valence-electron chi connectivity index (χ3n) is 4.28. The summed E-state index contributed by atoms with van der Waals surface area (Å²) in [5, 5.41) is 3.72. The van der Waals surface area contributed by atoms with Crippen molar-refractivity contribution >= 4 is 5.78 Å². The second-order valence-corrected chi connectivity index (χ2v) is 5.72. The minimum absolute atomic E-state index is 0.683. The van der Waals surface area contributed by atoms with Crippen LogP contribution in [0.15, 0.2) is 24.7 Å². The van der Waals surface area contributed by atoms with Gasteiger partial charge in [-0.3, -0.25) is 9.30 Å². The van der Waals surface area contributed by atoms with Crippen molar-refractivity contribution in [2.24, 2.45) is 0 Å². The molecule has 0 radical (unpaired) electrons. The Kier molecular flexibility index (Phi) is 2.74. The number of nitrogens with zero attached hydrogens (tertiary/aromatic N) is 4. The zero-order valence-electron chi connectivity index (χ0n) is 11.0. The lowest BCUT2D eigenvalue weighted by Crippen LogP contribution is -2.35. The first-order valence-electron chi connectivity index (χ1n) is 7.14. The molecule has 0 amide bonds. The van der Waals surface area contributed by atoms with E-state index in [0.717, 1.165) is 30.6 Å². The van der Waals surface area contributed by atoms with Crippen molar-refractivity contribution in [3.63, 3.8) is 0 Å². The summed E-state index contributed by atoms with van der Waals surface area (Å²) in [7, 11) is 0. The van der Waals surface area contributed by atoms with Crippen LogP contribution in [0.1, 0.15) is 25.0 Å². The van der Waals surface area contributed by atoms with E-state index in [1.807, 2.05) is 16.7 Å². The Morgan fingerprint density at radius 3 is 3.16 bits per heavy atom. The van der Waals surface area contributed by atoms with E-state index in [1.54, 1.807) is 6.20 Å². The van der Waals surface area contributed by atoms with E-state index in [9.17, 15) is 0 Å². The molecule has 2 aliphatic rings. The molecule has 5 heteroatoms. The van der Waals surface area contributed by atoms with Crippen LogP contribution in [0.25, 0.3) is 5.78 Å². The molecule has 5 nitrogen and oxygen atoms in total. The molecule has 2 fully saturated rings. The van der Waals surface area contributed by atoms with E-state index < -0.39 is 0 Å². The van der Waals surface area contributed by atoms with Crippen LogP contribution in [-0.2, 0) is 6.54 Å². The molecule has 2 bridgehead atoms. The zero-order valence-corrected chi connectivity index (χ0v) is 11.0. The highest BCUT2D eigenvalue weighted by Crippen LogP contribution is 2.21. The fraction of sp³-hybridized carbons (Fsp3) is 0.571. The molecule has 2 aromatic heterocycles. The summed E-state index contributed by atoms with van der Waals surface area (Å²) < 4.78 is 2.00. The first-order valence-corrected chi connectivity index (χ1v) is 7.14. The molecule has 0 spiro atoms. The number of hydrogen-bond acceptors (Lipinski definition) is 4. The van der Waals surface area contributed by atoms with Gasteiger partial charge in [0.15, 0.2) is 0 Å². The maximum Gasteiger partial charge on any atom is 0.233 e. The first-order chi connectivity index (χ1) is 9.37. The highest BCUT2D eigenvalue weighted by Gasteiger charge is 2.29. The molecular formula is C14H19N5. The Hall–Kier alpha value is -1.46. The molecule has 2 aliphatic heterocycles. The topological polar surface area (TPSA) is 45.5 Å². The minimum atomic E-state index is 0.683. The Morgan fingerprint density at radius 2 is 2.21 bits per heavy atom. The van der Waals surface area contributed by atoms with Gasteiger partial charge in [0.25, 0.3) is 0 Å². The Morgan fingerprint density at radius 1 is 1.26 bits per heavy atom. The first kappa shape index (κ1) is 11.4. The lowest BCUT2D eigenvalue weighted by molar-refractivity contribution is 0.248. The second-order valence-electron chi connectivity index (χ2n) is 5.72. The van der Waals surface area contributed by atoms with Crippen LogP contribution in [0.5, 0.6) is 0 Å². The number of fused-ring (bicyclic) bond motifs is 3. The van der Waals surface area contributed by atoms with Gasteiger partial charge in [0.05, 0.1) is 5.69 Å². The van der Waals surface area contributed by atoms with Crippen molar-refractivity contribution in [1.82, 2.24) is 24.6 Å². The minimum Gasteiger partial charge on any atom is -0.310 e. The van der Waals surface area contributed by atoms with Crippen molar-refractivity contribution < 1.29 is 0 Å². The van der Waals surface area contributed by atoms with Crippen molar-refractivity contribution in [3.8, 4) is 0 Å². The van der Waals surface area contributed by atoms with Crippen LogP contribution >= 0.6 is 0 Å². The standard InChI is InChI=1S/C14H19N5/c1-5-15-14-17-13(10-19(14)6-1)9-18-7-4-11-2-3-12(8-18)16-11/h1,5-6,10-12,16H,2-4,7-9H2. The maximum absolute atomic E-state index is 4.59. The summed E-state index contributed by atoms with van der Waals surface area (Å²) in [6.45, 7) is 3.27. The molecule has 2 saturated heterocycles. The van der Waals surface area contributed by atoms with Gasteiger partial charge in [-0.1, -0.05) is 0 Å². The highest BCUT2D eigenvalue weighted by atomic mass is 15.2. The Bertz CT molecular complexity index is 545. The van der Waals surface area contributed by atoms with Crippen LogP contribution < -0.4 is 5.32 Å². The number of aromatic nitrogens is 3. The Balaban J connectivity index is 1.51. The van der Waals surface area contributed by atoms with Gasteiger partial charge in [-0.05, 0) is 25.3 Å². The summed E-state index contributed by atoms with van der Waals surface area (Å²) in [5.74, 6) is 0.798. The number of likely N-dealkylation sites (tertiary alicyclic amines) is 1. The van der Waals surface area contributed by atoms with Gasteiger partial charge >= 0.3 is 0 Å². The van der Waals surface area contributed by atoms with Gasteiger partial charge in [-0.25, -0.2) is 9.97 Å². The summed E-state index contributed by atoms with van der Waals surface area (Å²) in [6.07, 6.45) is 9.84. The fourth-order valence-electron chi connectivity index (χ4n) is 3.34. The van der Waals surface area contributed by atoms with E-state index in [1.165, 1.54) is 25.8 Å². The molecule has 2 aromatic rings. The van der Waals surface area contributed by atoms with E-state index in [4.69, 9.17) is 0 Å². The molecular weight excluding hydrogens is 238 g/mol. The molecule has 2 unspecified atom stereocenters. The smallest absolute Gasteiger partial charge is 0.233 e. The molecule has 1 N–H and O–H groups in total. The average Bonchev–Trinajstić information content (AvgIpc) is 2.95. The lowest BCUT2D eigenvalue weighted by Gasteiger charge is -2.22. The quantitative estimate of drug-likeness (QED) is 0.873. The predicted octanol–water partition coefficient (Wildman–Crippen LogP) is 1.06. The molecule has 4 heterocycles. The van der Waals surface area contributed by atoms with Crippen molar-refractivity contribution in [1.29, 1.82) is 0 Å². The molecule has 2 atom stereocenters. The zero-order chi connectivity index (χ0) is 12.7. The van der Waals surface area contributed by atoms with Crippen LogP contribution in [0, 0.1) is 0 Å². The number of hydrogen-bond donors (Lipinski definition) is 1. The Labute approximate surface area is 112 Å². The van der Waals surface area contributed by atoms with Crippen LogP contribution in [0.4, 0.5) is 0 Å². The van der Waals surface area contributed by atoms with E-state index in [-0.39, 0.29) is 0 Å². The van der Waals surface area contributed by atoms with Crippen LogP contribution in [0.3, 0.4) is 0 Å². The van der Waals surface area contributed by atoms with Gasteiger partial charge in [0.2, 0.25) is 5.78 Å². The number of rotatable bonds is 2. The molecule has 0 aliphatic carbocycles. The van der Waals surface area contributed by atoms with E-state index in [0.29, 0.717) is 6.04 Å². The van der Waals surface area contributed by atoms with E-state index in [2.05, 4.69) is 26.4 Å². The summed E-state index contributed by atoms with van der Waals surface area (Å²) in [6, 6.07) is 3.37. The van der Waals surface area contributed by atoms with Gasteiger partial charge in [-0.15, -0.1) is 0 Å². The van der Waals surface area contributed by atoms with Crippen molar-refractivity contribution in [2.45, 2.75) is 37.9 Å². The van der Waals surface area contributed by atoms with Crippen molar-refractivity contribution in [3.05, 3.63) is 30.4 Å². The van der Waals surface area contributed by atoms with Gasteiger partial charge in [-0.2, -0.15) is 0 Å². The van der Waals surface area contributed by atoms with E-state index >= 15 is 0 Å². The summed E-state index contributed by atoms with van der Waals surface area (Å²) in [4.78, 5) is 11.4. The SMILES string of the molecule is c1cnc2nc(CN3CCC4CCC(C3)N4)cn2c1. The summed E-state index contributed by atoms with van der Waals surface area (Å²) in [5.41, 5.74) is 1.12. The largest absolute Gasteiger partial charge is 0.310 e. The van der Waals surface area contributed by atoms with Crippen LogP contribution in [-0.4, -0.2) is 44.4 Å². The van der Waals surface area contributed by atoms with Crippen LogP contribution in [0.2, 0.25) is 0 Å². The molecule has 0 saturated carbocycles. The molecule has 19 heavy (non-hydrogen) atoms. The normalized spacial score (nSPS) is 27.8. The van der Waals surface area contributed by atoms with Crippen molar-refractivity contribution in [2.75, 3.05) is 13.1 Å². The molecule has 100 valence electrons. The molecule has 4 rings (SSSR count). The average molecular weight is 257 g/mol. The second kappa shape index (κ2) is 4.58. The van der Waals surface area contributed by atoms with Gasteiger partial charge in [0.1, 0.15) is 0 Å². The molecule has 0 aromatic carbocycles. The highest BCUT2D eigenvalue weighted by molar-refractivity contribution is 5.29.